The highest BCUT2D eigenvalue weighted by Gasteiger charge is 2.15. The molecule has 1 heterocycles. The standard InChI is InChI=1S/C10H15FN4/c1-6(2)8-9(12)14-15(4)10(8)13-5-7(3)11/h5-6H,3H2,1-2,4H3,(H2,12,14). The summed E-state index contributed by atoms with van der Waals surface area (Å²) in [5, 5.41) is 4.04. The van der Waals surface area contributed by atoms with Gasteiger partial charge < -0.3 is 5.73 Å². The Morgan fingerprint density at radius 2 is 2.27 bits per heavy atom. The summed E-state index contributed by atoms with van der Waals surface area (Å²) in [6.45, 7) is 7.07. The molecule has 1 aromatic rings. The highest BCUT2D eigenvalue weighted by Crippen LogP contribution is 2.31. The van der Waals surface area contributed by atoms with Gasteiger partial charge in [0.15, 0.2) is 11.6 Å². The van der Waals surface area contributed by atoms with Crippen molar-refractivity contribution in [3.05, 3.63) is 18.0 Å². The van der Waals surface area contributed by atoms with Crippen molar-refractivity contribution in [1.29, 1.82) is 0 Å². The largest absolute Gasteiger partial charge is 0.382 e. The minimum absolute atomic E-state index is 0.193. The number of aliphatic imine (C=N–C) groups is 1. The second kappa shape index (κ2) is 4.25. The van der Waals surface area contributed by atoms with Crippen LogP contribution in [0.2, 0.25) is 0 Å². The van der Waals surface area contributed by atoms with Gasteiger partial charge in [-0.15, -0.1) is 0 Å². The van der Waals surface area contributed by atoms with Crippen molar-refractivity contribution >= 4 is 17.9 Å². The predicted molar refractivity (Wildman–Crippen MR) is 60.1 cm³/mol. The van der Waals surface area contributed by atoms with Crippen LogP contribution in [0.5, 0.6) is 0 Å². The maximum Gasteiger partial charge on any atom is 0.155 e. The molecule has 0 unspecified atom stereocenters. The van der Waals surface area contributed by atoms with Crippen molar-refractivity contribution in [3.8, 4) is 0 Å². The minimum Gasteiger partial charge on any atom is -0.382 e. The molecule has 0 spiro atoms. The quantitative estimate of drug-likeness (QED) is 0.778. The van der Waals surface area contributed by atoms with Gasteiger partial charge in [0.25, 0.3) is 0 Å². The smallest absolute Gasteiger partial charge is 0.155 e. The van der Waals surface area contributed by atoms with Crippen molar-refractivity contribution in [2.24, 2.45) is 12.0 Å². The van der Waals surface area contributed by atoms with Gasteiger partial charge in [0.2, 0.25) is 0 Å². The molecule has 5 heteroatoms. The van der Waals surface area contributed by atoms with Gasteiger partial charge in [0, 0.05) is 12.6 Å². The third-order valence-corrected chi connectivity index (χ3v) is 1.99. The number of anilines is 1. The van der Waals surface area contributed by atoms with Gasteiger partial charge in [-0.2, -0.15) is 5.10 Å². The van der Waals surface area contributed by atoms with Crippen LogP contribution in [0.15, 0.2) is 17.4 Å². The van der Waals surface area contributed by atoms with Crippen LogP contribution in [0, 0.1) is 0 Å². The summed E-state index contributed by atoms with van der Waals surface area (Å²) >= 11 is 0. The van der Waals surface area contributed by atoms with Gasteiger partial charge in [0.1, 0.15) is 5.83 Å². The highest BCUT2D eigenvalue weighted by molar-refractivity contribution is 5.78. The number of nitrogen functional groups attached to an aromatic ring is 1. The Morgan fingerprint density at radius 3 is 2.73 bits per heavy atom. The zero-order chi connectivity index (χ0) is 11.6. The number of halogens is 1. The molecule has 0 aromatic carbocycles. The van der Waals surface area contributed by atoms with Gasteiger partial charge in [0.05, 0.1) is 6.21 Å². The van der Waals surface area contributed by atoms with E-state index in [1.54, 1.807) is 7.05 Å². The van der Waals surface area contributed by atoms with E-state index >= 15 is 0 Å². The molecule has 0 atom stereocenters. The topological polar surface area (TPSA) is 56.2 Å². The van der Waals surface area contributed by atoms with Crippen LogP contribution in [0.1, 0.15) is 25.3 Å². The lowest BCUT2D eigenvalue weighted by Gasteiger charge is -2.04. The highest BCUT2D eigenvalue weighted by atomic mass is 19.1. The van der Waals surface area contributed by atoms with Gasteiger partial charge in [-0.1, -0.05) is 20.4 Å². The first kappa shape index (κ1) is 11.4. The lowest BCUT2D eigenvalue weighted by atomic mass is 10.1. The molecule has 0 aliphatic carbocycles. The van der Waals surface area contributed by atoms with Crippen LogP contribution in [0.25, 0.3) is 0 Å². The van der Waals surface area contributed by atoms with E-state index in [9.17, 15) is 4.39 Å². The molecule has 2 N–H and O–H groups in total. The Hall–Kier alpha value is -1.65. The first-order valence-corrected chi connectivity index (χ1v) is 4.64. The Morgan fingerprint density at radius 1 is 1.67 bits per heavy atom. The van der Waals surface area contributed by atoms with Gasteiger partial charge in [-0.05, 0) is 5.92 Å². The first-order chi connectivity index (χ1) is 6.93. The summed E-state index contributed by atoms with van der Waals surface area (Å²) in [6.07, 6.45) is 1.06. The third-order valence-electron chi connectivity index (χ3n) is 1.99. The van der Waals surface area contributed by atoms with Crippen molar-refractivity contribution in [3.63, 3.8) is 0 Å². The molecule has 1 aromatic heterocycles. The van der Waals surface area contributed by atoms with Crippen molar-refractivity contribution < 1.29 is 4.39 Å². The van der Waals surface area contributed by atoms with Crippen LogP contribution in [-0.4, -0.2) is 16.0 Å². The molecule has 0 saturated carbocycles. The molecule has 0 aliphatic heterocycles. The summed E-state index contributed by atoms with van der Waals surface area (Å²) in [6, 6.07) is 0. The Labute approximate surface area is 88.3 Å². The molecule has 1 rings (SSSR count). The zero-order valence-electron chi connectivity index (χ0n) is 9.16. The van der Waals surface area contributed by atoms with Gasteiger partial charge in [-0.25, -0.2) is 14.1 Å². The molecule has 15 heavy (non-hydrogen) atoms. The monoisotopic (exact) mass is 210 g/mol. The lowest BCUT2D eigenvalue weighted by molar-refractivity contribution is 0.690. The summed E-state index contributed by atoms with van der Waals surface area (Å²) in [4.78, 5) is 3.97. The van der Waals surface area contributed by atoms with E-state index < -0.39 is 5.83 Å². The number of nitrogens with two attached hydrogens (primary N) is 1. The van der Waals surface area contributed by atoms with E-state index in [1.807, 2.05) is 13.8 Å². The fraction of sp³-hybridized carbons (Fsp3) is 0.400. The first-order valence-electron chi connectivity index (χ1n) is 4.64. The van der Waals surface area contributed by atoms with Crippen LogP contribution in [-0.2, 0) is 7.05 Å². The Bertz CT molecular complexity index is 404. The zero-order valence-corrected chi connectivity index (χ0v) is 9.16. The molecule has 0 amide bonds. The second-order valence-electron chi connectivity index (χ2n) is 3.61. The number of aryl methyl sites for hydroxylation is 1. The van der Waals surface area contributed by atoms with Gasteiger partial charge in [-0.3, -0.25) is 0 Å². The Balaban J connectivity index is 3.21. The number of allylic oxidation sites excluding steroid dienone is 1. The SMILES string of the molecule is C=C(F)C=Nc1c(C(C)C)c(N)nn1C. The molecular formula is C10H15FN4. The maximum absolute atomic E-state index is 12.5. The number of hydrogen-bond acceptors (Lipinski definition) is 3. The maximum atomic E-state index is 12.5. The number of rotatable bonds is 3. The van der Waals surface area contributed by atoms with E-state index in [0.717, 1.165) is 11.8 Å². The molecule has 0 bridgehead atoms. The van der Waals surface area contributed by atoms with Crippen molar-refractivity contribution in [1.82, 2.24) is 9.78 Å². The summed E-state index contributed by atoms with van der Waals surface area (Å²) in [5.41, 5.74) is 6.56. The molecular weight excluding hydrogens is 195 g/mol. The normalized spacial score (nSPS) is 11.5. The second-order valence-corrected chi connectivity index (χ2v) is 3.61. The van der Waals surface area contributed by atoms with Crippen molar-refractivity contribution in [2.45, 2.75) is 19.8 Å². The molecule has 82 valence electrons. The average Bonchev–Trinajstić information content (AvgIpc) is 2.37. The number of aromatic nitrogens is 2. The van der Waals surface area contributed by atoms with Gasteiger partial charge >= 0.3 is 0 Å². The van der Waals surface area contributed by atoms with E-state index in [0.29, 0.717) is 11.6 Å². The number of hydrogen-bond donors (Lipinski definition) is 1. The average molecular weight is 210 g/mol. The van der Waals surface area contributed by atoms with E-state index in [2.05, 4.69) is 16.7 Å². The van der Waals surface area contributed by atoms with Crippen LogP contribution < -0.4 is 5.73 Å². The van der Waals surface area contributed by atoms with Crippen LogP contribution in [0.4, 0.5) is 16.0 Å². The lowest BCUT2D eigenvalue weighted by Crippen LogP contribution is -1.93. The third kappa shape index (κ3) is 2.43. The Kier molecular flexibility index (Phi) is 3.24. The number of nitrogens with zero attached hydrogens (tertiary/aromatic N) is 3. The molecule has 0 saturated heterocycles. The molecule has 0 radical (unpaired) electrons. The predicted octanol–water partition coefficient (Wildman–Crippen LogP) is 2.31. The summed E-state index contributed by atoms with van der Waals surface area (Å²) < 4.78 is 14.0. The summed E-state index contributed by atoms with van der Waals surface area (Å²) in [7, 11) is 1.72. The molecule has 0 fully saturated rings. The van der Waals surface area contributed by atoms with E-state index in [-0.39, 0.29) is 5.92 Å². The van der Waals surface area contributed by atoms with Crippen molar-refractivity contribution in [2.75, 3.05) is 5.73 Å². The molecule has 0 aliphatic rings. The van der Waals surface area contributed by atoms with Crippen LogP contribution in [0.3, 0.4) is 0 Å². The van der Waals surface area contributed by atoms with Crippen LogP contribution >= 0.6 is 0 Å². The van der Waals surface area contributed by atoms with E-state index in [4.69, 9.17) is 5.73 Å². The molecule has 4 nitrogen and oxygen atoms in total. The van der Waals surface area contributed by atoms with E-state index in [1.165, 1.54) is 4.68 Å². The fourth-order valence-corrected chi connectivity index (χ4v) is 1.39. The summed E-state index contributed by atoms with van der Waals surface area (Å²) in [5.74, 6) is 0.605. The minimum atomic E-state index is -0.593. The fourth-order valence-electron chi connectivity index (χ4n) is 1.39.